The Labute approximate surface area is 114 Å². The zero-order chi connectivity index (χ0) is 14.0. The predicted octanol–water partition coefficient (Wildman–Crippen LogP) is 2.54. The quantitative estimate of drug-likeness (QED) is 0.905. The number of aliphatic carboxylic acids is 1. The standard InChI is InChI=1S/C12H15N3O3S/c1-7-10(19-6-13-7)11-15-14-8(18-11)4-12(2,3)5-9(16)17/h6H,4-5H2,1-3H3,(H,16,17). The smallest absolute Gasteiger partial charge is 0.303 e. The third-order valence-electron chi connectivity index (χ3n) is 2.67. The van der Waals surface area contributed by atoms with Crippen molar-refractivity contribution in [1.29, 1.82) is 0 Å². The topological polar surface area (TPSA) is 89.1 Å². The van der Waals surface area contributed by atoms with Crippen molar-refractivity contribution in [2.75, 3.05) is 0 Å². The molecule has 2 heterocycles. The molecule has 0 aromatic carbocycles. The highest BCUT2D eigenvalue weighted by atomic mass is 32.1. The summed E-state index contributed by atoms with van der Waals surface area (Å²) in [5.74, 6) is 0.0678. The highest BCUT2D eigenvalue weighted by Gasteiger charge is 2.25. The van der Waals surface area contributed by atoms with Gasteiger partial charge in [-0.2, -0.15) is 0 Å². The van der Waals surface area contributed by atoms with Crippen molar-refractivity contribution in [1.82, 2.24) is 15.2 Å². The van der Waals surface area contributed by atoms with Crippen LogP contribution in [0.25, 0.3) is 10.8 Å². The van der Waals surface area contributed by atoms with Crippen LogP contribution in [0.1, 0.15) is 31.9 Å². The van der Waals surface area contributed by atoms with Crippen LogP contribution in [0.15, 0.2) is 9.93 Å². The molecule has 1 N–H and O–H groups in total. The van der Waals surface area contributed by atoms with Crippen molar-refractivity contribution < 1.29 is 14.3 Å². The number of rotatable bonds is 5. The summed E-state index contributed by atoms with van der Waals surface area (Å²) in [5, 5.41) is 16.8. The van der Waals surface area contributed by atoms with Gasteiger partial charge in [0.25, 0.3) is 5.89 Å². The van der Waals surface area contributed by atoms with E-state index in [0.717, 1.165) is 10.6 Å². The molecule has 0 aliphatic rings. The summed E-state index contributed by atoms with van der Waals surface area (Å²) in [5.41, 5.74) is 2.16. The zero-order valence-corrected chi connectivity index (χ0v) is 11.8. The summed E-state index contributed by atoms with van der Waals surface area (Å²) >= 11 is 1.44. The van der Waals surface area contributed by atoms with E-state index in [4.69, 9.17) is 9.52 Å². The van der Waals surface area contributed by atoms with Crippen molar-refractivity contribution in [2.24, 2.45) is 5.41 Å². The van der Waals surface area contributed by atoms with Gasteiger partial charge in [-0.3, -0.25) is 4.79 Å². The number of aryl methyl sites for hydroxylation is 1. The minimum Gasteiger partial charge on any atom is -0.481 e. The van der Waals surface area contributed by atoms with Gasteiger partial charge in [0, 0.05) is 6.42 Å². The van der Waals surface area contributed by atoms with Gasteiger partial charge in [-0.1, -0.05) is 13.8 Å². The second-order valence-electron chi connectivity index (χ2n) is 5.18. The van der Waals surface area contributed by atoms with Gasteiger partial charge >= 0.3 is 5.97 Å². The molecule has 0 aliphatic heterocycles. The van der Waals surface area contributed by atoms with E-state index >= 15 is 0 Å². The lowest BCUT2D eigenvalue weighted by molar-refractivity contribution is -0.139. The second-order valence-corrected chi connectivity index (χ2v) is 6.03. The van der Waals surface area contributed by atoms with Gasteiger partial charge in [0.05, 0.1) is 17.6 Å². The van der Waals surface area contributed by atoms with Crippen LogP contribution in [-0.2, 0) is 11.2 Å². The summed E-state index contributed by atoms with van der Waals surface area (Å²) in [7, 11) is 0. The highest BCUT2D eigenvalue weighted by Crippen LogP contribution is 2.29. The summed E-state index contributed by atoms with van der Waals surface area (Å²) in [6.45, 7) is 5.61. The minimum atomic E-state index is -0.831. The second kappa shape index (κ2) is 5.08. The Morgan fingerprint density at radius 2 is 2.21 bits per heavy atom. The Hall–Kier alpha value is -1.76. The Morgan fingerprint density at radius 3 is 2.79 bits per heavy atom. The van der Waals surface area contributed by atoms with Crippen LogP contribution in [0.4, 0.5) is 0 Å². The van der Waals surface area contributed by atoms with Crippen molar-refractivity contribution in [2.45, 2.75) is 33.6 Å². The van der Waals surface area contributed by atoms with Crippen LogP contribution in [-0.4, -0.2) is 26.3 Å². The van der Waals surface area contributed by atoms with Crippen LogP contribution >= 0.6 is 11.3 Å². The average Bonchev–Trinajstić information content (AvgIpc) is 2.84. The fourth-order valence-corrected chi connectivity index (χ4v) is 2.53. The maximum Gasteiger partial charge on any atom is 0.303 e. The van der Waals surface area contributed by atoms with E-state index in [0.29, 0.717) is 18.2 Å². The molecule has 2 aromatic heterocycles. The molecule has 2 rings (SSSR count). The minimum absolute atomic E-state index is 0.0598. The molecule has 0 fully saturated rings. The molecule has 2 aromatic rings. The lowest BCUT2D eigenvalue weighted by Gasteiger charge is -2.19. The number of thiazole rings is 1. The number of hydrogen-bond donors (Lipinski definition) is 1. The van der Waals surface area contributed by atoms with Crippen LogP contribution in [0.2, 0.25) is 0 Å². The number of nitrogens with zero attached hydrogens (tertiary/aromatic N) is 3. The maximum absolute atomic E-state index is 10.8. The number of hydrogen-bond acceptors (Lipinski definition) is 6. The molecule has 0 amide bonds. The van der Waals surface area contributed by atoms with Crippen molar-refractivity contribution in [3.05, 3.63) is 17.1 Å². The molecule has 0 saturated heterocycles. The lowest BCUT2D eigenvalue weighted by Crippen LogP contribution is -2.19. The molecule has 6 nitrogen and oxygen atoms in total. The Bertz CT molecular complexity index is 589. The van der Waals surface area contributed by atoms with E-state index < -0.39 is 11.4 Å². The van der Waals surface area contributed by atoms with Gasteiger partial charge in [-0.15, -0.1) is 21.5 Å². The zero-order valence-electron chi connectivity index (χ0n) is 11.0. The fourth-order valence-electron chi connectivity index (χ4n) is 1.81. The predicted molar refractivity (Wildman–Crippen MR) is 69.9 cm³/mol. The van der Waals surface area contributed by atoms with Gasteiger partial charge in [0.1, 0.15) is 4.88 Å². The van der Waals surface area contributed by atoms with Gasteiger partial charge in [0.2, 0.25) is 5.89 Å². The molecule has 0 atom stereocenters. The number of carboxylic acids is 1. The Balaban J connectivity index is 2.14. The van der Waals surface area contributed by atoms with Crippen molar-refractivity contribution >= 4 is 17.3 Å². The summed E-state index contributed by atoms with van der Waals surface area (Å²) in [6, 6.07) is 0. The molecule has 19 heavy (non-hydrogen) atoms. The first-order chi connectivity index (χ1) is 8.87. The summed E-state index contributed by atoms with van der Waals surface area (Å²) in [6.07, 6.45) is 0.494. The first kappa shape index (κ1) is 13.7. The largest absolute Gasteiger partial charge is 0.481 e. The van der Waals surface area contributed by atoms with E-state index in [9.17, 15) is 4.79 Å². The Kier molecular flexibility index (Phi) is 3.66. The lowest BCUT2D eigenvalue weighted by atomic mass is 9.86. The van der Waals surface area contributed by atoms with Gasteiger partial charge < -0.3 is 9.52 Å². The molecular formula is C12H15N3O3S. The molecule has 0 radical (unpaired) electrons. The number of carboxylic acid groups (broad SMARTS) is 1. The molecule has 0 saturated carbocycles. The van der Waals surface area contributed by atoms with Gasteiger partial charge in [0.15, 0.2) is 0 Å². The van der Waals surface area contributed by atoms with E-state index in [1.54, 1.807) is 5.51 Å². The third-order valence-corrected chi connectivity index (χ3v) is 3.58. The van der Waals surface area contributed by atoms with Gasteiger partial charge in [-0.05, 0) is 12.3 Å². The highest BCUT2D eigenvalue weighted by molar-refractivity contribution is 7.13. The van der Waals surface area contributed by atoms with Crippen LogP contribution in [0, 0.1) is 12.3 Å². The van der Waals surface area contributed by atoms with E-state index in [-0.39, 0.29) is 6.42 Å². The molecule has 0 aliphatic carbocycles. The van der Waals surface area contributed by atoms with Crippen molar-refractivity contribution in [3.8, 4) is 10.8 Å². The van der Waals surface area contributed by atoms with Crippen LogP contribution in [0.5, 0.6) is 0 Å². The molecular weight excluding hydrogens is 266 g/mol. The third kappa shape index (κ3) is 3.37. The molecule has 7 heteroatoms. The van der Waals surface area contributed by atoms with E-state index in [1.165, 1.54) is 11.3 Å². The monoisotopic (exact) mass is 281 g/mol. The van der Waals surface area contributed by atoms with Gasteiger partial charge in [-0.25, -0.2) is 4.98 Å². The number of aromatic nitrogens is 3. The SMILES string of the molecule is Cc1ncsc1-c1nnc(CC(C)(C)CC(=O)O)o1. The molecule has 0 spiro atoms. The first-order valence-corrected chi connectivity index (χ1v) is 6.70. The molecule has 102 valence electrons. The van der Waals surface area contributed by atoms with Crippen molar-refractivity contribution in [3.63, 3.8) is 0 Å². The average molecular weight is 281 g/mol. The fraction of sp³-hybridized carbons (Fsp3) is 0.500. The Morgan fingerprint density at radius 1 is 1.47 bits per heavy atom. The van der Waals surface area contributed by atoms with E-state index in [2.05, 4.69) is 15.2 Å². The first-order valence-electron chi connectivity index (χ1n) is 5.82. The number of carbonyl (C=O) groups is 1. The molecule has 0 bridgehead atoms. The maximum atomic E-state index is 10.8. The summed E-state index contributed by atoms with van der Waals surface area (Å²) in [4.78, 5) is 15.8. The molecule has 0 unspecified atom stereocenters. The van der Waals surface area contributed by atoms with Crippen LogP contribution in [0.3, 0.4) is 0 Å². The normalized spacial score (nSPS) is 11.7. The van der Waals surface area contributed by atoms with E-state index in [1.807, 2.05) is 20.8 Å². The summed E-state index contributed by atoms with van der Waals surface area (Å²) < 4.78 is 5.58. The van der Waals surface area contributed by atoms with Crippen LogP contribution < -0.4 is 0 Å².